The van der Waals surface area contributed by atoms with E-state index in [2.05, 4.69) is 10.1 Å². The van der Waals surface area contributed by atoms with Gasteiger partial charge in [0.25, 0.3) is 0 Å². The van der Waals surface area contributed by atoms with E-state index in [-0.39, 0.29) is 37.8 Å². The lowest BCUT2D eigenvalue weighted by Gasteiger charge is -2.37. The monoisotopic (exact) mass is 511 g/mol. The van der Waals surface area contributed by atoms with Crippen molar-refractivity contribution in [3.8, 4) is 11.8 Å². The molecule has 37 heavy (non-hydrogen) atoms. The zero-order valence-electron chi connectivity index (χ0n) is 20.8. The first-order valence-corrected chi connectivity index (χ1v) is 11.6. The molecular weight excluding hydrogens is 482 g/mol. The Kier molecular flexibility index (Phi) is 9.37. The number of methoxy groups -OCH3 is 1. The summed E-state index contributed by atoms with van der Waals surface area (Å²) in [5.74, 6) is -0.503. The van der Waals surface area contributed by atoms with Crippen molar-refractivity contribution in [2.75, 3.05) is 26.2 Å². The molecular formula is C25H29N5O7. The highest BCUT2D eigenvalue weighted by Crippen LogP contribution is 2.35. The van der Waals surface area contributed by atoms with Crippen molar-refractivity contribution in [1.82, 2.24) is 14.6 Å². The van der Waals surface area contributed by atoms with Gasteiger partial charge in [-0.3, -0.25) is 9.59 Å². The summed E-state index contributed by atoms with van der Waals surface area (Å²) in [7, 11) is 1.27. The van der Waals surface area contributed by atoms with Crippen LogP contribution in [-0.2, 0) is 28.5 Å². The van der Waals surface area contributed by atoms with E-state index in [1.165, 1.54) is 18.0 Å². The van der Waals surface area contributed by atoms with Gasteiger partial charge in [0.2, 0.25) is 5.60 Å². The molecule has 0 fully saturated rings. The maximum absolute atomic E-state index is 12.5. The van der Waals surface area contributed by atoms with Crippen LogP contribution in [0.1, 0.15) is 38.5 Å². The van der Waals surface area contributed by atoms with Crippen LogP contribution < -0.4 is 10.5 Å². The van der Waals surface area contributed by atoms with Crippen LogP contribution >= 0.6 is 0 Å². The normalized spacial score (nSPS) is 14.2. The SMILES string of the molecule is CCC(=O)O[C@@H](c1ccc2c(N)ncnn12)[C@H](OC(=O)CC)[C@@](C#N)(COCOc1ccccc1)OC. The average molecular weight is 512 g/mol. The van der Waals surface area contributed by atoms with Gasteiger partial charge in [-0.1, -0.05) is 32.0 Å². The van der Waals surface area contributed by atoms with E-state index < -0.39 is 29.7 Å². The first-order valence-electron chi connectivity index (χ1n) is 11.6. The third-order valence-electron chi connectivity index (χ3n) is 5.55. The van der Waals surface area contributed by atoms with E-state index in [1.54, 1.807) is 50.2 Å². The molecule has 12 nitrogen and oxygen atoms in total. The van der Waals surface area contributed by atoms with Crippen LogP contribution in [0.25, 0.3) is 5.52 Å². The summed E-state index contributed by atoms with van der Waals surface area (Å²) in [6, 6.07) is 14.2. The van der Waals surface area contributed by atoms with Gasteiger partial charge in [0.15, 0.2) is 24.8 Å². The Morgan fingerprint density at radius 1 is 1.11 bits per heavy atom. The number of nitrogen functional groups attached to an aromatic ring is 1. The highest BCUT2D eigenvalue weighted by atomic mass is 16.7. The van der Waals surface area contributed by atoms with Crippen molar-refractivity contribution < 1.29 is 33.3 Å². The Hall–Kier alpha value is -4.21. The maximum atomic E-state index is 12.5. The molecule has 0 saturated carbocycles. The third kappa shape index (κ3) is 6.32. The largest absolute Gasteiger partial charge is 0.468 e. The second kappa shape index (κ2) is 12.7. The van der Waals surface area contributed by atoms with Gasteiger partial charge in [0.05, 0.1) is 12.3 Å². The lowest BCUT2D eigenvalue weighted by molar-refractivity contribution is -0.200. The Balaban J connectivity index is 2.01. The minimum absolute atomic E-state index is 0.00182. The molecule has 0 amide bonds. The van der Waals surface area contributed by atoms with Crippen molar-refractivity contribution in [2.45, 2.75) is 44.5 Å². The molecule has 2 heterocycles. The van der Waals surface area contributed by atoms with Crippen LogP contribution in [0.15, 0.2) is 48.8 Å². The summed E-state index contributed by atoms with van der Waals surface area (Å²) >= 11 is 0. The van der Waals surface area contributed by atoms with Crippen LogP contribution in [-0.4, -0.2) is 58.8 Å². The number of nitrogens with two attached hydrogens (primary N) is 1. The summed E-state index contributed by atoms with van der Waals surface area (Å²) in [5, 5.41) is 14.5. The van der Waals surface area contributed by atoms with Gasteiger partial charge in [0.1, 0.15) is 23.7 Å². The van der Waals surface area contributed by atoms with Gasteiger partial charge < -0.3 is 29.4 Å². The van der Waals surface area contributed by atoms with E-state index >= 15 is 0 Å². The topological polar surface area (TPSA) is 160 Å². The molecule has 0 bridgehead atoms. The number of nitriles is 1. The standard InChI is InChI=1S/C25H29N5O7/c1-4-20(31)36-22(18-11-12-19-24(27)28-15-29-30(18)19)23(37-21(32)5-2)25(13-26,33-3)14-34-16-35-17-9-7-6-8-10-17/h6-12,15,22-23H,4-5,14,16H2,1-3H3,(H2,27,28,29)/t22-,23-,25+/m0/s1. The van der Waals surface area contributed by atoms with E-state index in [9.17, 15) is 14.9 Å². The van der Waals surface area contributed by atoms with Gasteiger partial charge in [-0.15, -0.1) is 0 Å². The van der Waals surface area contributed by atoms with Crippen molar-refractivity contribution >= 4 is 23.3 Å². The van der Waals surface area contributed by atoms with Gasteiger partial charge in [-0.05, 0) is 24.3 Å². The van der Waals surface area contributed by atoms with Gasteiger partial charge >= 0.3 is 11.9 Å². The fraction of sp³-hybridized carbons (Fsp3) is 0.400. The number of hydrogen-bond donors (Lipinski definition) is 1. The highest BCUT2D eigenvalue weighted by Gasteiger charge is 2.50. The molecule has 0 spiro atoms. The summed E-state index contributed by atoms with van der Waals surface area (Å²) in [4.78, 5) is 29.0. The summed E-state index contributed by atoms with van der Waals surface area (Å²) in [6.45, 7) is 2.61. The van der Waals surface area contributed by atoms with Crippen molar-refractivity contribution in [2.24, 2.45) is 0 Å². The number of fused-ring (bicyclic) bond motifs is 1. The molecule has 0 aliphatic rings. The molecule has 1 aromatic carbocycles. The second-order valence-corrected chi connectivity index (χ2v) is 7.86. The number of benzene rings is 1. The average Bonchev–Trinajstić information content (AvgIpc) is 3.37. The zero-order valence-corrected chi connectivity index (χ0v) is 20.8. The van der Waals surface area contributed by atoms with Crippen molar-refractivity contribution in [1.29, 1.82) is 5.26 Å². The van der Waals surface area contributed by atoms with Crippen LogP contribution in [0, 0.1) is 11.3 Å². The van der Waals surface area contributed by atoms with Gasteiger partial charge in [-0.25, -0.2) is 9.50 Å². The number of nitrogens with zero attached hydrogens (tertiary/aromatic N) is 4. The molecule has 12 heteroatoms. The number of carbonyl (C=O) groups excluding carboxylic acids is 2. The Morgan fingerprint density at radius 3 is 2.46 bits per heavy atom. The number of aromatic nitrogens is 3. The summed E-state index contributed by atoms with van der Waals surface area (Å²) < 4.78 is 29.6. The number of ether oxygens (including phenoxy) is 5. The van der Waals surface area contributed by atoms with E-state index in [4.69, 9.17) is 29.4 Å². The molecule has 0 unspecified atom stereocenters. The van der Waals surface area contributed by atoms with Crippen LogP contribution in [0.5, 0.6) is 5.75 Å². The van der Waals surface area contributed by atoms with Crippen molar-refractivity contribution in [3.05, 3.63) is 54.5 Å². The predicted octanol–water partition coefficient (Wildman–Crippen LogP) is 2.59. The van der Waals surface area contributed by atoms with E-state index in [0.29, 0.717) is 11.3 Å². The zero-order chi connectivity index (χ0) is 26.8. The molecule has 2 N–H and O–H groups in total. The van der Waals surface area contributed by atoms with Crippen LogP contribution in [0.3, 0.4) is 0 Å². The lowest BCUT2D eigenvalue weighted by atomic mass is 9.92. The Bertz CT molecular complexity index is 1240. The number of carbonyl (C=O) groups is 2. The molecule has 3 atom stereocenters. The molecule has 3 aromatic rings. The Labute approximate surface area is 213 Å². The molecule has 2 aromatic heterocycles. The fourth-order valence-electron chi connectivity index (χ4n) is 3.54. The van der Waals surface area contributed by atoms with Gasteiger partial charge in [-0.2, -0.15) is 10.4 Å². The van der Waals surface area contributed by atoms with Crippen molar-refractivity contribution in [3.63, 3.8) is 0 Å². The quantitative estimate of drug-likeness (QED) is 0.204. The molecule has 196 valence electrons. The molecule has 0 radical (unpaired) electrons. The maximum Gasteiger partial charge on any atom is 0.306 e. The highest BCUT2D eigenvalue weighted by molar-refractivity contribution is 5.71. The number of rotatable bonds is 13. The molecule has 0 aliphatic carbocycles. The van der Waals surface area contributed by atoms with E-state index in [1.807, 2.05) is 12.1 Å². The lowest BCUT2D eigenvalue weighted by Crippen LogP contribution is -2.53. The first kappa shape index (κ1) is 27.4. The second-order valence-electron chi connectivity index (χ2n) is 7.86. The molecule has 3 rings (SSSR count). The number of anilines is 1. The smallest absolute Gasteiger partial charge is 0.306 e. The third-order valence-corrected chi connectivity index (χ3v) is 5.55. The minimum atomic E-state index is -1.90. The molecule has 0 aliphatic heterocycles. The van der Waals surface area contributed by atoms with Gasteiger partial charge in [0, 0.05) is 20.0 Å². The van der Waals surface area contributed by atoms with Crippen LogP contribution in [0.4, 0.5) is 5.82 Å². The number of para-hydroxylation sites is 1. The Morgan fingerprint density at radius 2 is 1.81 bits per heavy atom. The summed E-state index contributed by atoms with van der Waals surface area (Å²) in [5.41, 5.74) is 4.79. The number of esters is 2. The van der Waals surface area contributed by atoms with Crippen LogP contribution in [0.2, 0.25) is 0 Å². The summed E-state index contributed by atoms with van der Waals surface area (Å²) in [6.07, 6.45) is -1.50. The molecule has 0 saturated heterocycles. The fourth-order valence-corrected chi connectivity index (χ4v) is 3.54. The van der Waals surface area contributed by atoms with E-state index in [0.717, 1.165) is 0 Å². The first-order chi connectivity index (χ1) is 17.9. The number of hydrogen-bond acceptors (Lipinski definition) is 11. The minimum Gasteiger partial charge on any atom is -0.468 e. The predicted molar refractivity (Wildman–Crippen MR) is 130 cm³/mol.